The first-order valence-corrected chi connectivity index (χ1v) is 12.5. The summed E-state index contributed by atoms with van der Waals surface area (Å²) in [5.74, 6) is 0.992. The van der Waals surface area contributed by atoms with Gasteiger partial charge in [0, 0.05) is 25.2 Å². The van der Waals surface area contributed by atoms with Gasteiger partial charge in [0.15, 0.2) is 18.1 Å². The maximum absolute atomic E-state index is 13.5. The van der Waals surface area contributed by atoms with Crippen LogP contribution < -0.4 is 9.47 Å². The predicted molar refractivity (Wildman–Crippen MR) is 132 cm³/mol. The van der Waals surface area contributed by atoms with Gasteiger partial charge in [-0.15, -0.1) is 0 Å². The van der Waals surface area contributed by atoms with E-state index in [9.17, 15) is 9.59 Å². The molecule has 0 aliphatic carbocycles. The molecule has 2 aromatic rings. The van der Waals surface area contributed by atoms with Crippen LogP contribution in [0.25, 0.3) is 0 Å². The summed E-state index contributed by atoms with van der Waals surface area (Å²) in [4.78, 5) is 29.8. The Kier molecular flexibility index (Phi) is 7.76. The lowest BCUT2D eigenvalue weighted by molar-refractivity contribution is -0.134. The van der Waals surface area contributed by atoms with Gasteiger partial charge < -0.3 is 19.3 Å². The van der Waals surface area contributed by atoms with E-state index in [1.807, 2.05) is 16.7 Å². The summed E-state index contributed by atoms with van der Waals surface area (Å²) in [5, 5.41) is 0. The minimum atomic E-state index is -0.0195. The molecule has 0 saturated carbocycles. The molecule has 1 atom stereocenters. The number of aryl methyl sites for hydroxylation is 2. The highest BCUT2D eigenvalue weighted by atomic mass is 16.5. The first-order chi connectivity index (χ1) is 16.5. The molecule has 2 aromatic carbocycles. The Balaban J connectivity index is 1.48. The van der Waals surface area contributed by atoms with Crippen LogP contribution in [0.4, 0.5) is 0 Å². The number of hydrogen-bond acceptors (Lipinski definition) is 4. The maximum atomic E-state index is 13.5. The van der Waals surface area contributed by atoms with Crippen LogP contribution in [0.15, 0.2) is 36.4 Å². The Morgan fingerprint density at radius 2 is 1.68 bits per heavy atom. The Bertz CT molecular complexity index is 1030. The van der Waals surface area contributed by atoms with Crippen LogP contribution in [0.3, 0.4) is 0 Å². The van der Waals surface area contributed by atoms with E-state index >= 15 is 0 Å². The molecule has 182 valence electrons. The number of hydrogen-bond donors (Lipinski definition) is 0. The third-order valence-electron chi connectivity index (χ3n) is 6.98. The Labute approximate surface area is 202 Å². The van der Waals surface area contributed by atoms with Gasteiger partial charge in [0.25, 0.3) is 11.8 Å². The van der Waals surface area contributed by atoms with Crippen molar-refractivity contribution in [2.24, 2.45) is 0 Å². The van der Waals surface area contributed by atoms with E-state index in [1.54, 1.807) is 18.2 Å². The van der Waals surface area contributed by atoms with E-state index in [0.29, 0.717) is 23.7 Å². The van der Waals surface area contributed by atoms with Gasteiger partial charge in [-0.1, -0.05) is 18.2 Å². The highest BCUT2D eigenvalue weighted by Gasteiger charge is 2.31. The number of nitrogens with zero attached hydrogens (tertiary/aromatic N) is 2. The van der Waals surface area contributed by atoms with Crippen molar-refractivity contribution in [1.82, 2.24) is 9.80 Å². The molecular formula is C28H36N2O4. The van der Waals surface area contributed by atoms with Crippen molar-refractivity contribution in [3.63, 3.8) is 0 Å². The first-order valence-electron chi connectivity index (χ1n) is 12.5. The van der Waals surface area contributed by atoms with Gasteiger partial charge in [0.05, 0.1) is 12.6 Å². The van der Waals surface area contributed by atoms with E-state index in [0.717, 1.165) is 45.3 Å². The lowest BCUT2D eigenvalue weighted by atomic mass is 9.99. The SMILES string of the molecule is CCOc1cc(C(=O)N2CCCC2c2ccc(C)c(C)c2)ccc1OCC(=O)N1CCCCC1. The minimum absolute atomic E-state index is 0.00220. The quantitative estimate of drug-likeness (QED) is 0.574. The van der Waals surface area contributed by atoms with E-state index in [1.165, 1.54) is 23.1 Å². The predicted octanol–water partition coefficient (Wildman–Crippen LogP) is 5.07. The van der Waals surface area contributed by atoms with Crippen molar-refractivity contribution in [2.45, 2.75) is 58.9 Å². The number of amides is 2. The number of ether oxygens (including phenoxy) is 2. The monoisotopic (exact) mass is 464 g/mol. The fourth-order valence-electron chi connectivity index (χ4n) is 4.90. The number of carbonyl (C=O) groups is 2. The maximum Gasteiger partial charge on any atom is 0.260 e. The third-order valence-corrected chi connectivity index (χ3v) is 6.98. The summed E-state index contributed by atoms with van der Waals surface area (Å²) in [6.07, 6.45) is 5.22. The van der Waals surface area contributed by atoms with Crippen LogP contribution in [0.1, 0.15) is 72.1 Å². The molecule has 0 radical (unpaired) electrons. The molecular weight excluding hydrogens is 428 g/mol. The van der Waals surface area contributed by atoms with Crippen molar-refractivity contribution in [3.05, 3.63) is 58.7 Å². The molecule has 2 heterocycles. The lowest BCUT2D eigenvalue weighted by Crippen LogP contribution is -2.38. The smallest absolute Gasteiger partial charge is 0.260 e. The molecule has 4 rings (SSSR count). The molecule has 2 aliphatic rings. The molecule has 1 unspecified atom stereocenters. The number of rotatable bonds is 7. The number of likely N-dealkylation sites (tertiary alicyclic amines) is 2. The molecule has 6 heteroatoms. The largest absolute Gasteiger partial charge is 0.490 e. The molecule has 0 bridgehead atoms. The van der Waals surface area contributed by atoms with Crippen LogP contribution in [-0.4, -0.2) is 54.5 Å². The Morgan fingerprint density at radius 3 is 2.41 bits per heavy atom. The molecule has 0 aromatic heterocycles. The third kappa shape index (κ3) is 5.37. The normalized spacial score (nSPS) is 18.1. The Hall–Kier alpha value is -3.02. The Morgan fingerprint density at radius 1 is 0.882 bits per heavy atom. The van der Waals surface area contributed by atoms with E-state index in [4.69, 9.17) is 9.47 Å². The van der Waals surface area contributed by atoms with Gasteiger partial charge in [-0.25, -0.2) is 0 Å². The summed E-state index contributed by atoms with van der Waals surface area (Å²) < 4.78 is 11.6. The minimum Gasteiger partial charge on any atom is -0.490 e. The van der Waals surface area contributed by atoms with Gasteiger partial charge >= 0.3 is 0 Å². The highest BCUT2D eigenvalue weighted by Crippen LogP contribution is 2.35. The molecule has 34 heavy (non-hydrogen) atoms. The fourth-order valence-corrected chi connectivity index (χ4v) is 4.90. The summed E-state index contributed by atoms with van der Waals surface area (Å²) in [5.41, 5.74) is 4.27. The average molecular weight is 465 g/mol. The van der Waals surface area contributed by atoms with Crippen molar-refractivity contribution in [2.75, 3.05) is 32.8 Å². The van der Waals surface area contributed by atoms with Crippen LogP contribution in [0.2, 0.25) is 0 Å². The molecule has 2 fully saturated rings. The van der Waals surface area contributed by atoms with Crippen LogP contribution in [-0.2, 0) is 4.79 Å². The fraction of sp³-hybridized carbons (Fsp3) is 0.500. The topological polar surface area (TPSA) is 59.1 Å². The van der Waals surface area contributed by atoms with Crippen LogP contribution in [0.5, 0.6) is 11.5 Å². The second kappa shape index (κ2) is 10.9. The first kappa shape index (κ1) is 24.1. The second-order valence-electron chi connectivity index (χ2n) is 9.32. The van der Waals surface area contributed by atoms with Crippen molar-refractivity contribution < 1.29 is 19.1 Å². The molecule has 0 N–H and O–H groups in total. The molecule has 2 saturated heterocycles. The van der Waals surface area contributed by atoms with Gasteiger partial charge in [-0.2, -0.15) is 0 Å². The number of carbonyl (C=O) groups excluding carboxylic acids is 2. The highest BCUT2D eigenvalue weighted by molar-refractivity contribution is 5.95. The van der Waals surface area contributed by atoms with Crippen molar-refractivity contribution in [1.29, 1.82) is 0 Å². The summed E-state index contributed by atoms with van der Waals surface area (Å²) >= 11 is 0. The molecule has 2 aliphatic heterocycles. The van der Waals surface area contributed by atoms with Gasteiger partial charge in [-0.3, -0.25) is 9.59 Å². The number of piperidine rings is 1. The summed E-state index contributed by atoms with van der Waals surface area (Å²) in [7, 11) is 0. The van der Waals surface area contributed by atoms with E-state index in [-0.39, 0.29) is 24.5 Å². The van der Waals surface area contributed by atoms with Crippen molar-refractivity contribution >= 4 is 11.8 Å². The van der Waals surface area contributed by atoms with Crippen molar-refractivity contribution in [3.8, 4) is 11.5 Å². The average Bonchev–Trinajstić information content (AvgIpc) is 3.35. The van der Waals surface area contributed by atoms with E-state index < -0.39 is 0 Å². The van der Waals surface area contributed by atoms with Gasteiger partial charge in [0.2, 0.25) is 0 Å². The zero-order valence-electron chi connectivity index (χ0n) is 20.6. The summed E-state index contributed by atoms with van der Waals surface area (Å²) in [6, 6.07) is 11.8. The van der Waals surface area contributed by atoms with E-state index in [2.05, 4.69) is 32.0 Å². The second-order valence-corrected chi connectivity index (χ2v) is 9.32. The summed E-state index contributed by atoms with van der Waals surface area (Å²) in [6.45, 7) is 8.88. The van der Waals surface area contributed by atoms with Crippen LogP contribution in [0, 0.1) is 13.8 Å². The van der Waals surface area contributed by atoms with Gasteiger partial charge in [-0.05, 0) is 87.8 Å². The lowest BCUT2D eigenvalue weighted by Gasteiger charge is -2.27. The molecule has 6 nitrogen and oxygen atoms in total. The zero-order valence-corrected chi connectivity index (χ0v) is 20.6. The number of benzene rings is 2. The molecule has 0 spiro atoms. The van der Waals surface area contributed by atoms with Gasteiger partial charge in [0.1, 0.15) is 0 Å². The zero-order chi connectivity index (χ0) is 24.1. The molecule has 2 amide bonds. The standard InChI is InChI=1S/C28H36N2O4/c1-4-33-26-18-23(12-13-25(26)34-19-27(31)29-14-6-5-7-15-29)28(32)30-16-8-9-24(30)22-11-10-20(2)21(3)17-22/h10-13,17-18,24H,4-9,14-16,19H2,1-3H3. The van der Waals surface area contributed by atoms with Crippen LogP contribution >= 0.6 is 0 Å².